The van der Waals surface area contributed by atoms with Crippen LogP contribution in [0.1, 0.15) is 22.7 Å². The number of nitrogens with zero attached hydrogens (tertiary/aromatic N) is 6. The van der Waals surface area contributed by atoms with E-state index in [0.717, 1.165) is 4.57 Å². The number of nitrogens with one attached hydrogen (secondary N) is 2. The Balaban J connectivity index is 0.00000336. The Hall–Kier alpha value is -3.36. The first kappa shape index (κ1) is 27.7. The van der Waals surface area contributed by atoms with Gasteiger partial charge in [-0.25, -0.2) is 4.39 Å². The molecule has 1 fully saturated rings. The van der Waals surface area contributed by atoms with E-state index in [2.05, 4.69) is 31.0 Å². The predicted molar refractivity (Wildman–Crippen MR) is 124 cm³/mol. The molecule has 0 bridgehead atoms. The van der Waals surface area contributed by atoms with Crippen molar-refractivity contribution in [3.8, 4) is 11.5 Å². The second-order valence-corrected chi connectivity index (χ2v) is 8.93. The van der Waals surface area contributed by atoms with Crippen molar-refractivity contribution in [2.75, 3.05) is 25.5 Å². The van der Waals surface area contributed by atoms with Crippen LogP contribution in [-0.4, -0.2) is 69.1 Å². The van der Waals surface area contributed by atoms with Crippen molar-refractivity contribution in [3.05, 3.63) is 48.1 Å². The maximum Gasteiger partial charge on any atom is 0.406 e. The number of likely N-dealkylation sites (tertiary alicyclic amines) is 1. The normalized spacial score (nSPS) is 18.3. The molecular formula is C23H23F4N8O2V-. The largest absolute Gasteiger partial charge is 0.581 e. The standard InChI is InChI=1S/C23H24F4N8O2.V/c1-34-6-5-17(15(24)11-34)31-16-3-2-4-18-14(16)7-19(35(18)12-23(25,26)27)21-32-20(37-33-21)10-28-22(36)13-8-29-30-9-13;/h2-4,7-9,15,17H,5-6,10-12H2,1H3,(H3,28,29,30,31,33,36);/p-1. The first-order valence-corrected chi connectivity index (χ1v) is 11.5. The molecule has 10 nitrogen and oxygen atoms in total. The van der Waals surface area contributed by atoms with Gasteiger partial charge in [-0.3, -0.25) is 4.79 Å². The molecule has 0 spiro atoms. The summed E-state index contributed by atoms with van der Waals surface area (Å²) in [4.78, 5) is 18.2. The van der Waals surface area contributed by atoms with Crippen LogP contribution < -0.4 is 15.7 Å². The van der Waals surface area contributed by atoms with Gasteiger partial charge in [-0.05, 0) is 31.7 Å². The number of hydrogen-bond acceptors (Lipinski definition) is 7. The van der Waals surface area contributed by atoms with Gasteiger partial charge in [-0.1, -0.05) is 11.2 Å². The summed E-state index contributed by atoms with van der Waals surface area (Å²) < 4.78 is 61.5. The van der Waals surface area contributed by atoms with Crippen molar-refractivity contribution in [1.82, 2.24) is 35.1 Å². The van der Waals surface area contributed by atoms with Gasteiger partial charge in [-0.2, -0.15) is 18.2 Å². The van der Waals surface area contributed by atoms with Gasteiger partial charge in [0.15, 0.2) is 0 Å². The number of halogens is 4. The van der Waals surface area contributed by atoms with E-state index in [-0.39, 0.29) is 60.1 Å². The fourth-order valence-corrected chi connectivity index (χ4v) is 4.39. The summed E-state index contributed by atoms with van der Waals surface area (Å²) in [5, 5.41) is 17.2. The molecule has 1 aliphatic rings. The van der Waals surface area contributed by atoms with Crippen LogP contribution in [0.2, 0.25) is 0 Å². The first-order chi connectivity index (χ1) is 17.7. The molecule has 38 heavy (non-hydrogen) atoms. The summed E-state index contributed by atoms with van der Waals surface area (Å²) in [5.41, 5.74) is 1.12. The van der Waals surface area contributed by atoms with Gasteiger partial charge in [0.25, 0.3) is 5.91 Å². The quantitative estimate of drug-likeness (QED) is 0.326. The zero-order chi connectivity index (χ0) is 26.2. The molecule has 2 atom stereocenters. The molecule has 4 heterocycles. The molecule has 1 radical (unpaired) electrons. The summed E-state index contributed by atoms with van der Waals surface area (Å²) in [6.07, 6.45) is -2.52. The van der Waals surface area contributed by atoms with Gasteiger partial charge >= 0.3 is 6.18 Å². The maximum atomic E-state index is 14.7. The minimum absolute atomic E-state index is 0. The monoisotopic (exact) mass is 570 g/mol. The Bertz CT molecular complexity index is 1390. The van der Waals surface area contributed by atoms with E-state index >= 15 is 0 Å². The van der Waals surface area contributed by atoms with E-state index in [0.29, 0.717) is 24.0 Å². The average molecular weight is 570 g/mol. The average Bonchev–Trinajstić information content (AvgIpc) is 3.59. The minimum Gasteiger partial charge on any atom is -0.581 e. The fraction of sp³-hybridized carbons (Fsp3) is 0.391. The van der Waals surface area contributed by atoms with Crippen molar-refractivity contribution in [2.24, 2.45) is 0 Å². The number of anilines is 1. The molecule has 1 aliphatic heterocycles. The van der Waals surface area contributed by atoms with Crippen LogP contribution in [0.3, 0.4) is 0 Å². The molecule has 2 unspecified atom stereocenters. The first-order valence-electron chi connectivity index (χ1n) is 11.5. The number of carbonyl (C=O) groups is 1. The second-order valence-electron chi connectivity index (χ2n) is 8.93. The van der Waals surface area contributed by atoms with E-state index in [1.54, 1.807) is 18.2 Å². The van der Waals surface area contributed by atoms with E-state index < -0.39 is 30.8 Å². The summed E-state index contributed by atoms with van der Waals surface area (Å²) >= 11 is 0. The van der Waals surface area contributed by atoms with Gasteiger partial charge in [0.1, 0.15) is 12.7 Å². The van der Waals surface area contributed by atoms with Crippen LogP contribution in [-0.2, 0) is 31.6 Å². The fourth-order valence-electron chi connectivity index (χ4n) is 4.39. The van der Waals surface area contributed by atoms with Gasteiger partial charge in [0.2, 0.25) is 11.7 Å². The maximum absolute atomic E-state index is 14.7. The molecule has 2 N–H and O–H groups in total. The number of amides is 1. The minimum atomic E-state index is -4.52. The number of aromatic nitrogens is 5. The molecular weight excluding hydrogens is 547 g/mol. The molecule has 3 aromatic heterocycles. The Labute approximate surface area is 226 Å². The Morgan fingerprint density at radius 1 is 1.32 bits per heavy atom. The smallest absolute Gasteiger partial charge is 0.406 e. The van der Waals surface area contributed by atoms with Crippen molar-refractivity contribution < 1.29 is 45.4 Å². The van der Waals surface area contributed by atoms with Crippen LogP contribution in [0.4, 0.5) is 23.2 Å². The number of benzene rings is 1. The van der Waals surface area contributed by atoms with Crippen LogP contribution in [0, 0.1) is 0 Å². The van der Waals surface area contributed by atoms with Crippen molar-refractivity contribution >= 4 is 22.5 Å². The zero-order valence-electron chi connectivity index (χ0n) is 20.1. The van der Waals surface area contributed by atoms with Crippen molar-refractivity contribution in [3.63, 3.8) is 0 Å². The number of alkyl halides is 4. The summed E-state index contributed by atoms with van der Waals surface area (Å²) in [6.45, 7) is -0.450. The molecule has 1 saturated heterocycles. The molecule has 201 valence electrons. The van der Waals surface area contributed by atoms with Gasteiger partial charge < -0.3 is 34.8 Å². The number of piperidine rings is 1. The zero-order valence-corrected chi connectivity index (χ0v) is 21.5. The third kappa shape index (κ3) is 6.03. The SMILES string of the molecule is CN1CCC(Nc2cccc3c2cc(-c2noc(CNC(=O)c4cn[n-]c4)n2)n3CC(F)(F)F)C(F)C1.[V]. The van der Waals surface area contributed by atoms with Crippen LogP contribution in [0.15, 0.2) is 41.2 Å². The number of fused-ring (bicyclic) bond motifs is 1. The van der Waals surface area contributed by atoms with Gasteiger partial charge in [-0.15, -0.1) is 6.20 Å². The number of hydrogen-bond donors (Lipinski definition) is 2. The number of carbonyl (C=O) groups excluding carboxylic acids is 1. The van der Waals surface area contributed by atoms with Crippen molar-refractivity contribution in [2.45, 2.75) is 37.9 Å². The summed E-state index contributed by atoms with van der Waals surface area (Å²) in [6, 6.07) is 5.94. The molecule has 1 aromatic carbocycles. The van der Waals surface area contributed by atoms with Crippen LogP contribution in [0.25, 0.3) is 22.4 Å². The Morgan fingerprint density at radius 3 is 2.84 bits per heavy atom. The third-order valence-electron chi connectivity index (χ3n) is 6.19. The Morgan fingerprint density at radius 2 is 2.13 bits per heavy atom. The molecule has 15 heteroatoms. The van der Waals surface area contributed by atoms with E-state index in [4.69, 9.17) is 4.52 Å². The molecule has 0 aliphatic carbocycles. The van der Waals surface area contributed by atoms with Crippen LogP contribution >= 0.6 is 0 Å². The van der Waals surface area contributed by atoms with Crippen molar-refractivity contribution in [1.29, 1.82) is 0 Å². The van der Waals surface area contributed by atoms with Crippen LogP contribution in [0.5, 0.6) is 0 Å². The summed E-state index contributed by atoms with van der Waals surface area (Å²) in [5.74, 6) is -0.536. The molecule has 5 rings (SSSR count). The molecule has 1 amide bonds. The molecule has 4 aromatic rings. The van der Waals surface area contributed by atoms with E-state index in [1.165, 1.54) is 18.5 Å². The second kappa shape index (κ2) is 11.2. The molecule has 0 saturated carbocycles. The third-order valence-corrected chi connectivity index (χ3v) is 6.19. The van der Waals surface area contributed by atoms with E-state index in [9.17, 15) is 22.4 Å². The number of rotatable bonds is 7. The topological polar surface area (TPSA) is 115 Å². The van der Waals surface area contributed by atoms with E-state index in [1.807, 2.05) is 11.9 Å². The van der Waals surface area contributed by atoms with Gasteiger partial charge in [0, 0.05) is 54.5 Å². The predicted octanol–water partition coefficient (Wildman–Crippen LogP) is 2.99. The van der Waals surface area contributed by atoms with Gasteiger partial charge in [0.05, 0.1) is 23.8 Å². The Kier molecular flexibility index (Phi) is 8.14. The summed E-state index contributed by atoms with van der Waals surface area (Å²) in [7, 11) is 1.84.